The van der Waals surface area contributed by atoms with Crippen LogP contribution in [0.15, 0.2) is 12.1 Å². The zero-order valence-electron chi connectivity index (χ0n) is 10.9. The molecule has 0 aliphatic carbocycles. The van der Waals surface area contributed by atoms with Crippen molar-refractivity contribution in [3.63, 3.8) is 0 Å². The lowest BCUT2D eigenvalue weighted by molar-refractivity contribution is 0.147. The molecule has 1 atom stereocenters. The van der Waals surface area contributed by atoms with E-state index in [2.05, 4.69) is 27.7 Å². The van der Waals surface area contributed by atoms with E-state index in [-0.39, 0.29) is 0 Å². The highest BCUT2D eigenvalue weighted by molar-refractivity contribution is 5.42. The Morgan fingerprint density at radius 2 is 1.75 bits per heavy atom. The predicted molar refractivity (Wildman–Crippen MR) is 66.9 cm³/mol. The van der Waals surface area contributed by atoms with Crippen LogP contribution in [0.4, 0.5) is 0 Å². The van der Waals surface area contributed by atoms with Gasteiger partial charge in [0.25, 0.3) is 0 Å². The first-order chi connectivity index (χ1) is 7.45. The largest absolute Gasteiger partial charge is 0.496 e. The summed E-state index contributed by atoms with van der Waals surface area (Å²) < 4.78 is 5.32. The molecule has 1 aromatic carbocycles. The molecule has 1 N–H and O–H groups in total. The van der Waals surface area contributed by atoms with Crippen LogP contribution in [0.25, 0.3) is 0 Å². The molecule has 0 aromatic heterocycles. The number of aliphatic hydroxyl groups excluding tert-OH is 1. The van der Waals surface area contributed by atoms with E-state index in [1.807, 2.05) is 12.1 Å². The van der Waals surface area contributed by atoms with Gasteiger partial charge in [-0.1, -0.05) is 13.8 Å². The van der Waals surface area contributed by atoms with Gasteiger partial charge in [0.2, 0.25) is 0 Å². The molecular formula is C14H22O2. The number of hydrogen-bond donors (Lipinski definition) is 1. The van der Waals surface area contributed by atoms with Gasteiger partial charge in [0.1, 0.15) is 5.75 Å². The Kier molecular flexibility index (Phi) is 4.36. The van der Waals surface area contributed by atoms with Gasteiger partial charge in [-0.3, -0.25) is 0 Å². The van der Waals surface area contributed by atoms with E-state index in [1.165, 1.54) is 11.1 Å². The quantitative estimate of drug-likeness (QED) is 0.846. The SMILES string of the molecule is COc1cc(C)c(C)cc1C(O)CC(C)C. The third-order valence-corrected chi connectivity index (χ3v) is 2.90. The predicted octanol–water partition coefficient (Wildman–Crippen LogP) is 3.39. The molecule has 0 aliphatic heterocycles. The van der Waals surface area contributed by atoms with E-state index < -0.39 is 6.10 Å². The summed E-state index contributed by atoms with van der Waals surface area (Å²) in [7, 11) is 1.65. The fraction of sp³-hybridized carbons (Fsp3) is 0.571. The lowest BCUT2D eigenvalue weighted by Gasteiger charge is -2.18. The van der Waals surface area contributed by atoms with Gasteiger partial charge >= 0.3 is 0 Å². The van der Waals surface area contributed by atoms with Crippen molar-refractivity contribution in [2.45, 2.75) is 40.2 Å². The number of aryl methyl sites for hydroxylation is 2. The number of rotatable bonds is 4. The maximum absolute atomic E-state index is 10.1. The molecule has 0 bridgehead atoms. The first kappa shape index (κ1) is 13.0. The van der Waals surface area contributed by atoms with Crippen molar-refractivity contribution >= 4 is 0 Å². The van der Waals surface area contributed by atoms with E-state index in [4.69, 9.17) is 4.74 Å². The van der Waals surface area contributed by atoms with Crippen LogP contribution in [0.1, 0.15) is 43.1 Å². The first-order valence-corrected chi connectivity index (χ1v) is 5.79. The highest BCUT2D eigenvalue weighted by Crippen LogP contribution is 2.31. The highest BCUT2D eigenvalue weighted by atomic mass is 16.5. The van der Waals surface area contributed by atoms with Gasteiger partial charge in [0, 0.05) is 5.56 Å². The molecule has 1 unspecified atom stereocenters. The third kappa shape index (κ3) is 2.99. The molecule has 0 amide bonds. The molecule has 0 spiro atoms. The molecular weight excluding hydrogens is 200 g/mol. The van der Waals surface area contributed by atoms with Crippen molar-refractivity contribution < 1.29 is 9.84 Å². The van der Waals surface area contributed by atoms with Gasteiger partial charge in [0.05, 0.1) is 13.2 Å². The van der Waals surface area contributed by atoms with Crippen molar-refractivity contribution in [1.29, 1.82) is 0 Å². The van der Waals surface area contributed by atoms with Gasteiger partial charge in [-0.15, -0.1) is 0 Å². The minimum Gasteiger partial charge on any atom is -0.496 e. The second-order valence-electron chi connectivity index (χ2n) is 4.82. The van der Waals surface area contributed by atoms with Crippen LogP contribution in [0.5, 0.6) is 5.75 Å². The van der Waals surface area contributed by atoms with Gasteiger partial charge in [-0.2, -0.15) is 0 Å². The van der Waals surface area contributed by atoms with Crippen LogP contribution in [-0.4, -0.2) is 12.2 Å². The lowest BCUT2D eigenvalue weighted by Crippen LogP contribution is -2.05. The summed E-state index contributed by atoms with van der Waals surface area (Å²) in [5.41, 5.74) is 3.29. The molecule has 1 rings (SSSR count). The lowest BCUT2D eigenvalue weighted by atomic mass is 9.96. The molecule has 0 saturated carbocycles. The van der Waals surface area contributed by atoms with Crippen LogP contribution in [0.2, 0.25) is 0 Å². The second kappa shape index (κ2) is 5.35. The monoisotopic (exact) mass is 222 g/mol. The molecule has 2 heteroatoms. The first-order valence-electron chi connectivity index (χ1n) is 5.79. The number of aliphatic hydroxyl groups is 1. The minimum atomic E-state index is -0.436. The van der Waals surface area contributed by atoms with Crippen molar-refractivity contribution in [2.24, 2.45) is 5.92 Å². The van der Waals surface area contributed by atoms with Crippen molar-refractivity contribution in [3.05, 3.63) is 28.8 Å². The number of ether oxygens (including phenoxy) is 1. The van der Waals surface area contributed by atoms with Gasteiger partial charge in [0.15, 0.2) is 0 Å². The maximum Gasteiger partial charge on any atom is 0.124 e. The molecule has 0 saturated heterocycles. The highest BCUT2D eigenvalue weighted by Gasteiger charge is 2.15. The van der Waals surface area contributed by atoms with E-state index in [9.17, 15) is 5.11 Å². The number of benzene rings is 1. The van der Waals surface area contributed by atoms with E-state index in [0.29, 0.717) is 5.92 Å². The molecule has 0 radical (unpaired) electrons. The van der Waals surface area contributed by atoms with Crippen LogP contribution in [0, 0.1) is 19.8 Å². The summed E-state index contributed by atoms with van der Waals surface area (Å²) in [5.74, 6) is 1.26. The molecule has 2 nitrogen and oxygen atoms in total. The molecule has 0 heterocycles. The summed E-state index contributed by atoms with van der Waals surface area (Å²) in [5, 5.41) is 10.1. The minimum absolute atomic E-state index is 0.436. The van der Waals surface area contributed by atoms with E-state index in [0.717, 1.165) is 17.7 Å². The van der Waals surface area contributed by atoms with Crippen LogP contribution in [0.3, 0.4) is 0 Å². The molecule has 90 valence electrons. The molecule has 1 aromatic rings. The van der Waals surface area contributed by atoms with Crippen molar-refractivity contribution in [3.8, 4) is 5.75 Å². The second-order valence-corrected chi connectivity index (χ2v) is 4.82. The average molecular weight is 222 g/mol. The maximum atomic E-state index is 10.1. The van der Waals surface area contributed by atoms with Gasteiger partial charge in [-0.25, -0.2) is 0 Å². The Hall–Kier alpha value is -1.02. The van der Waals surface area contributed by atoms with Crippen molar-refractivity contribution in [2.75, 3.05) is 7.11 Å². The molecule has 16 heavy (non-hydrogen) atoms. The Balaban J connectivity index is 3.06. The fourth-order valence-electron chi connectivity index (χ4n) is 1.82. The average Bonchev–Trinajstić information content (AvgIpc) is 2.20. The summed E-state index contributed by atoms with van der Waals surface area (Å²) in [6, 6.07) is 4.02. The van der Waals surface area contributed by atoms with Crippen LogP contribution in [-0.2, 0) is 0 Å². The van der Waals surface area contributed by atoms with E-state index >= 15 is 0 Å². The molecule has 0 fully saturated rings. The fourth-order valence-corrected chi connectivity index (χ4v) is 1.82. The number of methoxy groups -OCH3 is 1. The summed E-state index contributed by atoms with van der Waals surface area (Å²) in [4.78, 5) is 0. The Morgan fingerprint density at radius 3 is 2.25 bits per heavy atom. The Labute approximate surface area is 98.3 Å². The number of hydrogen-bond acceptors (Lipinski definition) is 2. The summed E-state index contributed by atoms with van der Waals surface area (Å²) >= 11 is 0. The Bertz CT molecular complexity index is 356. The smallest absolute Gasteiger partial charge is 0.124 e. The van der Waals surface area contributed by atoms with E-state index in [1.54, 1.807) is 7.11 Å². The summed E-state index contributed by atoms with van der Waals surface area (Å²) in [6.07, 6.45) is 0.327. The summed E-state index contributed by atoms with van der Waals surface area (Å²) in [6.45, 7) is 8.32. The van der Waals surface area contributed by atoms with Crippen LogP contribution >= 0.6 is 0 Å². The van der Waals surface area contributed by atoms with Crippen molar-refractivity contribution in [1.82, 2.24) is 0 Å². The topological polar surface area (TPSA) is 29.5 Å². The van der Waals surface area contributed by atoms with Gasteiger partial charge in [-0.05, 0) is 49.4 Å². The normalized spacial score (nSPS) is 12.9. The van der Waals surface area contributed by atoms with Gasteiger partial charge < -0.3 is 9.84 Å². The zero-order valence-corrected chi connectivity index (χ0v) is 10.9. The zero-order chi connectivity index (χ0) is 12.3. The Morgan fingerprint density at radius 1 is 1.19 bits per heavy atom. The third-order valence-electron chi connectivity index (χ3n) is 2.90. The standard InChI is InChI=1S/C14H22O2/c1-9(2)6-13(15)12-7-10(3)11(4)8-14(12)16-5/h7-9,13,15H,6H2,1-5H3. The van der Waals surface area contributed by atoms with Crippen LogP contribution < -0.4 is 4.74 Å². The molecule has 0 aliphatic rings.